The van der Waals surface area contributed by atoms with Gasteiger partial charge in [0, 0.05) is 21.8 Å². The lowest BCUT2D eigenvalue weighted by Gasteiger charge is -2.07. The van der Waals surface area contributed by atoms with Crippen LogP contribution in [0.25, 0.3) is 10.4 Å². The molecule has 0 N–H and O–H groups in total. The van der Waals surface area contributed by atoms with Crippen molar-refractivity contribution >= 4 is 15.9 Å². The third-order valence-electron chi connectivity index (χ3n) is 1.69. The minimum atomic E-state index is -0.220. The number of hydrogen-bond donors (Lipinski definition) is 0. The summed E-state index contributed by atoms with van der Waals surface area (Å²) in [5.74, 6) is 0. The molecule has 0 unspecified atom stereocenters. The molecule has 1 atom stereocenters. The first kappa shape index (κ1) is 10.8. The van der Waals surface area contributed by atoms with Gasteiger partial charge < -0.3 is 0 Å². The summed E-state index contributed by atoms with van der Waals surface area (Å²) in [5.41, 5.74) is 9.27. The normalized spacial score (nSPS) is 11.5. The number of nitrogens with zero attached hydrogens (tertiary/aromatic N) is 4. The monoisotopic (exact) mass is 252 g/mol. The van der Waals surface area contributed by atoms with Crippen molar-refractivity contribution in [1.82, 2.24) is 4.98 Å². The fraction of sp³-hybridized carbons (Fsp3) is 0.222. The Bertz CT molecular complexity index is 371. The average molecular weight is 253 g/mol. The molecule has 1 aromatic heterocycles. The fourth-order valence-corrected chi connectivity index (χ4v) is 1.46. The Labute approximate surface area is 90.4 Å². The van der Waals surface area contributed by atoms with Crippen LogP contribution in [0.1, 0.15) is 18.0 Å². The van der Waals surface area contributed by atoms with E-state index in [4.69, 9.17) is 5.53 Å². The first-order valence-electron chi connectivity index (χ1n) is 4.03. The molecule has 0 aliphatic carbocycles. The van der Waals surface area contributed by atoms with Crippen LogP contribution >= 0.6 is 15.9 Å². The lowest BCUT2D eigenvalue weighted by atomic mass is 10.1. The summed E-state index contributed by atoms with van der Waals surface area (Å²) in [6, 6.07) is 1.66. The maximum atomic E-state index is 8.39. The van der Waals surface area contributed by atoms with Crippen molar-refractivity contribution in [2.24, 2.45) is 5.11 Å². The van der Waals surface area contributed by atoms with Gasteiger partial charge in [-0.1, -0.05) is 11.2 Å². The lowest BCUT2D eigenvalue weighted by Crippen LogP contribution is -1.93. The van der Waals surface area contributed by atoms with Gasteiger partial charge in [0.05, 0.1) is 6.04 Å². The number of halogens is 1. The SMILES string of the molecule is C=CC[C@H](N=[N+]=[N-])c1cncc(Br)c1. The van der Waals surface area contributed by atoms with Gasteiger partial charge in [0.2, 0.25) is 0 Å². The molecular weight excluding hydrogens is 244 g/mol. The van der Waals surface area contributed by atoms with E-state index in [1.807, 2.05) is 6.07 Å². The summed E-state index contributed by atoms with van der Waals surface area (Å²) in [7, 11) is 0. The molecule has 0 spiro atoms. The van der Waals surface area contributed by atoms with Gasteiger partial charge in [0.1, 0.15) is 0 Å². The molecule has 72 valence electrons. The van der Waals surface area contributed by atoms with E-state index in [1.165, 1.54) is 0 Å². The van der Waals surface area contributed by atoms with E-state index in [9.17, 15) is 0 Å². The fourth-order valence-electron chi connectivity index (χ4n) is 1.08. The molecule has 14 heavy (non-hydrogen) atoms. The largest absolute Gasteiger partial charge is 0.263 e. The maximum absolute atomic E-state index is 8.39. The average Bonchev–Trinajstić information content (AvgIpc) is 2.17. The van der Waals surface area contributed by atoms with E-state index in [-0.39, 0.29) is 6.04 Å². The van der Waals surface area contributed by atoms with Gasteiger partial charge in [-0.05, 0) is 39.5 Å². The van der Waals surface area contributed by atoms with Crippen LogP contribution in [-0.2, 0) is 0 Å². The smallest absolute Gasteiger partial charge is 0.0675 e. The predicted molar refractivity (Wildman–Crippen MR) is 58.6 cm³/mol. The van der Waals surface area contributed by atoms with Crippen LogP contribution in [0.4, 0.5) is 0 Å². The minimum absolute atomic E-state index is 0.220. The predicted octanol–water partition coefficient (Wildman–Crippen LogP) is 3.77. The molecule has 0 aliphatic heterocycles. The van der Waals surface area contributed by atoms with Crippen LogP contribution in [0.3, 0.4) is 0 Å². The van der Waals surface area contributed by atoms with Crippen molar-refractivity contribution in [3.8, 4) is 0 Å². The third-order valence-corrected chi connectivity index (χ3v) is 2.13. The molecule has 0 fully saturated rings. The molecule has 1 heterocycles. The van der Waals surface area contributed by atoms with Gasteiger partial charge in [0.25, 0.3) is 0 Å². The van der Waals surface area contributed by atoms with Gasteiger partial charge in [-0.3, -0.25) is 4.98 Å². The van der Waals surface area contributed by atoms with Crippen molar-refractivity contribution in [3.63, 3.8) is 0 Å². The zero-order valence-electron chi connectivity index (χ0n) is 7.47. The first-order valence-corrected chi connectivity index (χ1v) is 4.82. The Hall–Kier alpha value is -1.32. The van der Waals surface area contributed by atoms with Crippen molar-refractivity contribution in [1.29, 1.82) is 0 Å². The summed E-state index contributed by atoms with van der Waals surface area (Å²) >= 11 is 3.31. The summed E-state index contributed by atoms with van der Waals surface area (Å²) < 4.78 is 0.872. The molecule has 0 bridgehead atoms. The van der Waals surface area contributed by atoms with Crippen LogP contribution in [-0.4, -0.2) is 4.98 Å². The van der Waals surface area contributed by atoms with E-state index in [1.54, 1.807) is 18.5 Å². The quantitative estimate of drug-likeness (QED) is 0.348. The van der Waals surface area contributed by atoms with Gasteiger partial charge >= 0.3 is 0 Å². The number of hydrogen-bond acceptors (Lipinski definition) is 2. The highest BCUT2D eigenvalue weighted by Gasteiger charge is 2.07. The standard InChI is InChI=1S/C9H9BrN4/c1-2-3-9(13-14-11)7-4-8(10)6-12-5-7/h2,4-6,9H,1,3H2/t9-/m0/s1. The lowest BCUT2D eigenvalue weighted by molar-refractivity contribution is 0.729. The molecule has 0 aromatic carbocycles. The number of rotatable bonds is 4. The van der Waals surface area contributed by atoms with Gasteiger partial charge in [-0.2, -0.15) is 0 Å². The Morgan fingerprint density at radius 1 is 1.71 bits per heavy atom. The highest BCUT2D eigenvalue weighted by molar-refractivity contribution is 9.10. The zero-order valence-corrected chi connectivity index (χ0v) is 9.05. The molecular formula is C9H9BrN4. The highest BCUT2D eigenvalue weighted by atomic mass is 79.9. The summed E-state index contributed by atoms with van der Waals surface area (Å²) in [6.07, 6.45) is 5.71. The topological polar surface area (TPSA) is 61.7 Å². The summed E-state index contributed by atoms with van der Waals surface area (Å²) in [5, 5.41) is 3.67. The van der Waals surface area contributed by atoms with E-state index in [0.29, 0.717) is 6.42 Å². The van der Waals surface area contributed by atoms with Crippen LogP contribution in [0.2, 0.25) is 0 Å². The molecule has 1 rings (SSSR count). The highest BCUT2D eigenvalue weighted by Crippen LogP contribution is 2.23. The second-order valence-electron chi connectivity index (χ2n) is 2.68. The molecule has 4 nitrogen and oxygen atoms in total. The summed E-state index contributed by atoms with van der Waals surface area (Å²) in [4.78, 5) is 6.80. The van der Waals surface area contributed by atoms with E-state index >= 15 is 0 Å². The van der Waals surface area contributed by atoms with Crippen molar-refractivity contribution < 1.29 is 0 Å². The Balaban J connectivity index is 2.97. The second kappa shape index (κ2) is 5.42. The second-order valence-corrected chi connectivity index (χ2v) is 3.60. The maximum Gasteiger partial charge on any atom is 0.0675 e. The van der Waals surface area contributed by atoms with Crippen LogP contribution in [0, 0.1) is 0 Å². The first-order chi connectivity index (χ1) is 6.77. The Morgan fingerprint density at radius 3 is 3.07 bits per heavy atom. The molecule has 0 amide bonds. The Morgan fingerprint density at radius 2 is 2.50 bits per heavy atom. The van der Waals surface area contributed by atoms with Crippen molar-refractivity contribution in [2.45, 2.75) is 12.5 Å². The Kier molecular flexibility index (Phi) is 4.16. The van der Waals surface area contributed by atoms with Crippen LogP contribution in [0.5, 0.6) is 0 Å². The molecule has 5 heteroatoms. The molecule has 0 radical (unpaired) electrons. The molecule has 1 aromatic rings. The van der Waals surface area contributed by atoms with Gasteiger partial charge in [-0.25, -0.2) is 0 Å². The number of aromatic nitrogens is 1. The summed E-state index contributed by atoms with van der Waals surface area (Å²) in [6.45, 7) is 3.62. The van der Waals surface area contributed by atoms with Gasteiger partial charge in [-0.15, -0.1) is 6.58 Å². The molecule has 0 aliphatic rings. The number of pyridine rings is 1. The van der Waals surface area contributed by atoms with Crippen molar-refractivity contribution in [2.75, 3.05) is 0 Å². The van der Waals surface area contributed by atoms with Crippen LogP contribution in [0.15, 0.2) is 40.7 Å². The van der Waals surface area contributed by atoms with Crippen molar-refractivity contribution in [3.05, 3.63) is 51.6 Å². The molecule has 0 saturated carbocycles. The van der Waals surface area contributed by atoms with E-state index in [2.05, 4.69) is 37.5 Å². The van der Waals surface area contributed by atoms with E-state index < -0.39 is 0 Å². The zero-order chi connectivity index (χ0) is 10.4. The third kappa shape index (κ3) is 2.87. The number of azide groups is 1. The molecule has 0 saturated heterocycles. The minimum Gasteiger partial charge on any atom is -0.263 e. The van der Waals surface area contributed by atoms with Crippen LogP contribution < -0.4 is 0 Å². The van der Waals surface area contributed by atoms with Gasteiger partial charge in [0.15, 0.2) is 0 Å². The van der Waals surface area contributed by atoms with E-state index in [0.717, 1.165) is 10.0 Å².